The van der Waals surface area contributed by atoms with Crippen LogP contribution in [0.5, 0.6) is 0 Å². The van der Waals surface area contributed by atoms with Crippen molar-refractivity contribution in [2.45, 2.75) is 10.6 Å². The summed E-state index contributed by atoms with van der Waals surface area (Å²) in [4.78, 5) is 20.8. The zero-order valence-electron chi connectivity index (χ0n) is 15.5. The Kier molecular flexibility index (Phi) is 5.48. The summed E-state index contributed by atoms with van der Waals surface area (Å²) in [7, 11) is -3.71. The molecule has 4 rings (SSSR count). The molecule has 0 amide bonds. The molecule has 0 saturated heterocycles. The van der Waals surface area contributed by atoms with Crippen LogP contribution < -0.4 is 0 Å². The van der Waals surface area contributed by atoms with E-state index in [1.165, 1.54) is 30.8 Å². The van der Waals surface area contributed by atoms with E-state index >= 15 is 0 Å². The molecule has 30 heavy (non-hydrogen) atoms. The molecule has 0 spiro atoms. The first-order chi connectivity index (χ1) is 14.4. The largest absolute Gasteiger partial charge is 0.444 e. The van der Waals surface area contributed by atoms with Gasteiger partial charge in [0.1, 0.15) is 0 Å². The Morgan fingerprint density at radius 1 is 1.00 bits per heavy atom. The van der Waals surface area contributed by atoms with Gasteiger partial charge in [0.15, 0.2) is 27.8 Å². The van der Waals surface area contributed by atoms with Crippen LogP contribution in [0.25, 0.3) is 11.3 Å². The van der Waals surface area contributed by atoms with Gasteiger partial charge in [-0.3, -0.25) is 9.78 Å². The monoisotopic (exact) mass is 438 g/mol. The van der Waals surface area contributed by atoms with Gasteiger partial charge in [-0.1, -0.05) is 17.7 Å². The number of oxazole rings is 1. The summed E-state index contributed by atoms with van der Waals surface area (Å²) in [6, 6.07) is 14.2. The topological polar surface area (TPSA) is 90.1 Å². The number of aromatic nitrogens is 2. The smallest absolute Gasteiger partial charge is 0.194 e. The summed E-state index contributed by atoms with van der Waals surface area (Å²) in [6.07, 6.45) is 5.85. The van der Waals surface area contributed by atoms with E-state index in [9.17, 15) is 13.2 Å². The summed E-state index contributed by atoms with van der Waals surface area (Å²) < 4.78 is 31.2. The summed E-state index contributed by atoms with van der Waals surface area (Å²) in [6.45, 7) is 0. The number of benzene rings is 2. The lowest BCUT2D eigenvalue weighted by atomic mass is 10.0. The van der Waals surface area contributed by atoms with E-state index in [0.29, 0.717) is 27.5 Å². The maximum Gasteiger partial charge on any atom is 0.194 e. The molecular weight excluding hydrogens is 424 g/mol. The number of pyridine rings is 1. The van der Waals surface area contributed by atoms with Gasteiger partial charge in [0.25, 0.3) is 0 Å². The first-order valence-corrected chi connectivity index (χ1v) is 10.9. The number of carbonyl (C=O) groups excluding carboxylic acids is 1. The molecular formula is C22H15ClN2O4S. The molecule has 8 heteroatoms. The predicted octanol–water partition coefficient (Wildman–Crippen LogP) is 4.59. The zero-order chi connectivity index (χ0) is 21.1. The Hall–Kier alpha value is -3.29. The number of hydrogen-bond donors (Lipinski definition) is 0. The maximum atomic E-state index is 13.0. The lowest BCUT2D eigenvalue weighted by Crippen LogP contribution is -2.11. The van der Waals surface area contributed by atoms with Crippen molar-refractivity contribution in [3.63, 3.8) is 0 Å². The Balaban J connectivity index is 1.66. The summed E-state index contributed by atoms with van der Waals surface area (Å²) in [5.74, 6) is -0.134. The molecule has 0 unspecified atom stereocenters. The summed E-state index contributed by atoms with van der Waals surface area (Å²) >= 11 is 6.07. The molecule has 0 aliphatic rings. The van der Waals surface area contributed by atoms with Crippen molar-refractivity contribution < 1.29 is 17.6 Å². The third-order valence-electron chi connectivity index (χ3n) is 4.52. The van der Waals surface area contributed by atoms with Gasteiger partial charge in [0, 0.05) is 34.1 Å². The lowest BCUT2D eigenvalue weighted by Gasteiger charge is -2.11. The maximum absolute atomic E-state index is 13.0. The highest BCUT2D eigenvalue weighted by molar-refractivity contribution is 7.90. The number of ketones is 1. The molecule has 0 radical (unpaired) electrons. The van der Waals surface area contributed by atoms with E-state index in [-0.39, 0.29) is 22.0 Å². The Labute approximate surface area is 178 Å². The first kappa shape index (κ1) is 20.0. The van der Waals surface area contributed by atoms with Crippen molar-refractivity contribution >= 4 is 27.2 Å². The Bertz CT molecular complexity index is 1290. The second kappa shape index (κ2) is 8.22. The first-order valence-electron chi connectivity index (χ1n) is 8.89. The van der Waals surface area contributed by atoms with Crippen molar-refractivity contribution in [2.24, 2.45) is 0 Å². The van der Waals surface area contributed by atoms with E-state index in [0.717, 1.165) is 0 Å². The van der Waals surface area contributed by atoms with Gasteiger partial charge in [-0.25, -0.2) is 13.4 Å². The number of halogens is 1. The standard InChI is InChI=1S/C22H15ClN2O4S/c23-18-6-3-17(20(10-18)22(26)16-2-1-9-24-11-16)13-30(27,28)19-7-4-15(5-8-19)21-12-25-14-29-21/h1-12,14H,13H2. The van der Waals surface area contributed by atoms with Crippen molar-refractivity contribution in [3.05, 3.63) is 101 Å². The number of carbonyl (C=O) groups is 1. The highest BCUT2D eigenvalue weighted by Crippen LogP contribution is 2.26. The van der Waals surface area contributed by atoms with Crippen molar-refractivity contribution in [2.75, 3.05) is 0 Å². The molecule has 2 aromatic carbocycles. The van der Waals surface area contributed by atoms with Crippen LogP contribution in [0.15, 0.2) is 88.9 Å². The number of rotatable bonds is 6. The minimum absolute atomic E-state index is 0.139. The molecule has 2 heterocycles. The van der Waals surface area contributed by atoms with E-state index in [1.807, 2.05) is 0 Å². The lowest BCUT2D eigenvalue weighted by molar-refractivity contribution is 0.103. The van der Waals surface area contributed by atoms with Gasteiger partial charge in [0.2, 0.25) is 0 Å². The molecule has 4 aromatic rings. The predicted molar refractivity (Wildman–Crippen MR) is 112 cm³/mol. The fourth-order valence-electron chi connectivity index (χ4n) is 3.01. The van der Waals surface area contributed by atoms with Crippen molar-refractivity contribution in [3.8, 4) is 11.3 Å². The van der Waals surface area contributed by atoms with Crippen LogP contribution in [0, 0.1) is 0 Å². The van der Waals surface area contributed by atoms with E-state index in [2.05, 4.69) is 9.97 Å². The molecule has 0 aliphatic carbocycles. The fourth-order valence-corrected chi connectivity index (χ4v) is 4.56. The van der Waals surface area contributed by atoms with Crippen LogP contribution in [0.1, 0.15) is 21.5 Å². The van der Waals surface area contributed by atoms with Crippen LogP contribution in [-0.4, -0.2) is 24.2 Å². The Morgan fingerprint density at radius 3 is 2.47 bits per heavy atom. The van der Waals surface area contributed by atoms with Crippen molar-refractivity contribution in [1.82, 2.24) is 9.97 Å². The molecule has 0 aliphatic heterocycles. The molecule has 0 fully saturated rings. The average Bonchev–Trinajstić information content (AvgIpc) is 3.30. The van der Waals surface area contributed by atoms with Crippen molar-refractivity contribution in [1.29, 1.82) is 0 Å². The quantitative estimate of drug-likeness (QED) is 0.409. The highest BCUT2D eigenvalue weighted by Gasteiger charge is 2.21. The molecule has 0 saturated carbocycles. The van der Waals surface area contributed by atoms with Gasteiger partial charge in [-0.15, -0.1) is 0 Å². The van der Waals surface area contributed by atoms with Gasteiger partial charge in [0.05, 0.1) is 16.8 Å². The average molecular weight is 439 g/mol. The minimum Gasteiger partial charge on any atom is -0.444 e. The fraction of sp³-hybridized carbons (Fsp3) is 0.0455. The zero-order valence-corrected chi connectivity index (χ0v) is 17.1. The van der Waals surface area contributed by atoms with Crippen LogP contribution >= 0.6 is 11.6 Å². The van der Waals surface area contributed by atoms with Crippen LogP contribution in [0.4, 0.5) is 0 Å². The van der Waals surface area contributed by atoms with Gasteiger partial charge < -0.3 is 4.42 Å². The Morgan fingerprint density at radius 2 is 1.80 bits per heavy atom. The molecule has 150 valence electrons. The molecule has 2 aromatic heterocycles. The van der Waals surface area contributed by atoms with E-state index < -0.39 is 9.84 Å². The third kappa shape index (κ3) is 4.17. The van der Waals surface area contributed by atoms with Gasteiger partial charge in [-0.2, -0.15) is 0 Å². The molecule has 0 bridgehead atoms. The summed E-state index contributed by atoms with van der Waals surface area (Å²) in [5.41, 5.74) is 1.67. The van der Waals surface area contributed by atoms with Crippen LogP contribution in [0.3, 0.4) is 0 Å². The SMILES string of the molecule is O=C(c1cccnc1)c1cc(Cl)ccc1CS(=O)(=O)c1ccc(-c2cnco2)cc1. The second-order valence-corrected chi connectivity index (χ2v) is 8.95. The van der Waals surface area contributed by atoms with Crippen LogP contribution in [0.2, 0.25) is 5.02 Å². The molecule has 6 nitrogen and oxygen atoms in total. The highest BCUT2D eigenvalue weighted by atomic mass is 35.5. The number of hydrogen-bond acceptors (Lipinski definition) is 6. The molecule has 0 atom stereocenters. The van der Waals surface area contributed by atoms with Gasteiger partial charge in [-0.05, 0) is 54.1 Å². The molecule has 0 N–H and O–H groups in total. The number of sulfone groups is 1. The van der Waals surface area contributed by atoms with E-state index in [4.69, 9.17) is 16.0 Å². The normalized spacial score (nSPS) is 11.4. The minimum atomic E-state index is -3.71. The van der Waals surface area contributed by atoms with Crippen LogP contribution in [-0.2, 0) is 15.6 Å². The third-order valence-corrected chi connectivity index (χ3v) is 6.43. The van der Waals surface area contributed by atoms with E-state index in [1.54, 1.807) is 48.8 Å². The number of nitrogens with zero attached hydrogens (tertiary/aromatic N) is 2. The second-order valence-electron chi connectivity index (χ2n) is 6.52. The van der Waals surface area contributed by atoms with Gasteiger partial charge >= 0.3 is 0 Å². The summed E-state index contributed by atoms with van der Waals surface area (Å²) in [5, 5.41) is 0.347.